The van der Waals surface area contributed by atoms with E-state index in [0.29, 0.717) is 17.8 Å². The zero-order valence-corrected chi connectivity index (χ0v) is 7.16. The van der Waals surface area contributed by atoms with Gasteiger partial charge in [0, 0.05) is 17.8 Å². The molecule has 0 fully saturated rings. The minimum Gasteiger partial charge on any atom is -0.481 e. The van der Waals surface area contributed by atoms with Crippen molar-refractivity contribution in [3.63, 3.8) is 0 Å². The van der Waals surface area contributed by atoms with Crippen LogP contribution in [0.25, 0.3) is 0 Å². The molecule has 4 nitrogen and oxygen atoms in total. The van der Waals surface area contributed by atoms with Crippen LogP contribution in [0.5, 0.6) is 0 Å². The first-order chi connectivity index (χ1) is 6.11. The predicted octanol–water partition coefficient (Wildman–Crippen LogP) is 0.868. The largest absolute Gasteiger partial charge is 0.481 e. The molecule has 0 saturated carbocycles. The maximum absolute atomic E-state index is 10.3. The van der Waals surface area contributed by atoms with Crippen molar-refractivity contribution in [1.29, 1.82) is 0 Å². The molecule has 0 spiro atoms. The van der Waals surface area contributed by atoms with E-state index in [-0.39, 0.29) is 6.42 Å². The van der Waals surface area contributed by atoms with Crippen LogP contribution in [-0.2, 0) is 11.2 Å². The second kappa shape index (κ2) is 3.80. The number of benzene rings is 1. The number of carboxylic acid groups (broad SMARTS) is 1. The first-order valence-electron chi connectivity index (χ1n) is 3.96. The third-order valence-electron chi connectivity index (χ3n) is 1.84. The Morgan fingerprint density at radius 2 is 1.85 bits per heavy atom. The fourth-order valence-electron chi connectivity index (χ4n) is 1.14. The molecule has 0 unspecified atom stereocenters. The van der Waals surface area contributed by atoms with E-state index in [1.807, 2.05) is 0 Å². The molecule has 13 heavy (non-hydrogen) atoms. The summed E-state index contributed by atoms with van der Waals surface area (Å²) in [5.74, 6) is -0.845. The van der Waals surface area contributed by atoms with E-state index < -0.39 is 5.97 Å². The van der Waals surface area contributed by atoms with Crippen LogP contribution < -0.4 is 11.5 Å². The van der Waals surface area contributed by atoms with Crippen molar-refractivity contribution < 1.29 is 9.90 Å². The Labute approximate surface area is 76.2 Å². The van der Waals surface area contributed by atoms with Crippen LogP contribution in [-0.4, -0.2) is 11.1 Å². The van der Waals surface area contributed by atoms with Gasteiger partial charge in [0.25, 0.3) is 0 Å². The summed E-state index contributed by atoms with van der Waals surface area (Å²) in [7, 11) is 0. The van der Waals surface area contributed by atoms with Crippen molar-refractivity contribution in [1.82, 2.24) is 0 Å². The molecule has 0 atom stereocenters. The van der Waals surface area contributed by atoms with Crippen LogP contribution in [0, 0.1) is 0 Å². The molecule has 0 aliphatic heterocycles. The normalized spacial score (nSPS) is 9.85. The zero-order chi connectivity index (χ0) is 9.84. The molecule has 1 aromatic carbocycles. The lowest BCUT2D eigenvalue weighted by atomic mass is 10.1. The van der Waals surface area contributed by atoms with Gasteiger partial charge in [-0.15, -0.1) is 0 Å². The standard InChI is InChI=1S/C9H12N2O2/c10-7-2-1-3-8(11)6(7)4-5-9(12)13/h1-3H,4-5,10-11H2,(H,12,13). The van der Waals surface area contributed by atoms with Crippen LogP contribution in [0.15, 0.2) is 18.2 Å². The highest BCUT2D eigenvalue weighted by atomic mass is 16.4. The summed E-state index contributed by atoms with van der Waals surface area (Å²) in [4.78, 5) is 10.3. The molecular formula is C9H12N2O2. The molecule has 0 aliphatic carbocycles. The van der Waals surface area contributed by atoms with Gasteiger partial charge in [0.05, 0.1) is 0 Å². The Morgan fingerprint density at radius 3 is 2.31 bits per heavy atom. The predicted molar refractivity (Wildman–Crippen MR) is 51.2 cm³/mol. The van der Waals surface area contributed by atoms with Gasteiger partial charge in [-0.05, 0) is 24.1 Å². The number of carbonyl (C=O) groups is 1. The molecule has 0 saturated heterocycles. The molecule has 1 rings (SSSR count). The number of hydrogen-bond acceptors (Lipinski definition) is 3. The van der Waals surface area contributed by atoms with E-state index in [1.54, 1.807) is 18.2 Å². The lowest BCUT2D eigenvalue weighted by molar-refractivity contribution is -0.136. The SMILES string of the molecule is Nc1cccc(N)c1CCC(=O)O. The summed E-state index contributed by atoms with van der Waals surface area (Å²) in [5, 5.41) is 8.47. The summed E-state index contributed by atoms with van der Waals surface area (Å²) in [6.07, 6.45) is 0.437. The first-order valence-corrected chi connectivity index (χ1v) is 3.96. The number of rotatable bonds is 3. The average molecular weight is 180 g/mol. The average Bonchev–Trinajstić information content (AvgIpc) is 2.03. The Hall–Kier alpha value is -1.71. The van der Waals surface area contributed by atoms with Gasteiger partial charge in [-0.3, -0.25) is 4.79 Å². The molecule has 0 aliphatic rings. The van der Waals surface area contributed by atoms with Crippen LogP contribution in [0.2, 0.25) is 0 Å². The topological polar surface area (TPSA) is 89.3 Å². The van der Waals surface area contributed by atoms with Crippen molar-refractivity contribution in [3.8, 4) is 0 Å². The Bertz CT molecular complexity index is 303. The molecule has 1 aromatic rings. The monoisotopic (exact) mass is 180 g/mol. The van der Waals surface area contributed by atoms with Gasteiger partial charge in [-0.25, -0.2) is 0 Å². The van der Waals surface area contributed by atoms with Crippen LogP contribution in [0.1, 0.15) is 12.0 Å². The maximum Gasteiger partial charge on any atom is 0.303 e. The number of carboxylic acids is 1. The van der Waals surface area contributed by atoms with Crippen molar-refractivity contribution in [2.75, 3.05) is 11.5 Å². The van der Waals surface area contributed by atoms with E-state index in [2.05, 4.69) is 0 Å². The first kappa shape index (κ1) is 9.38. The molecular weight excluding hydrogens is 168 g/mol. The molecule has 0 aromatic heterocycles. The second-order valence-corrected chi connectivity index (χ2v) is 2.81. The number of anilines is 2. The zero-order valence-electron chi connectivity index (χ0n) is 7.16. The number of nitrogens with two attached hydrogens (primary N) is 2. The number of aliphatic carboxylic acids is 1. The van der Waals surface area contributed by atoms with Crippen molar-refractivity contribution in [3.05, 3.63) is 23.8 Å². The third kappa shape index (κ3) is 2.37. The van der Waals surface area contributed by atoms with E-state index in [0.717, 1.165) is 5.56 Å². The van der Waals surface area contributed by atoms with Crippen molar-refractivity contribution in [2.45, 2.75) is 12.8 Å². The van der Waals surface area contributed by atoms with Gasteiger partial charge in [0.1, 0.15) is 0 Å². The summed E-state index contributed by atoms with van der Waals surface area (Å²) in [6.45, 7) is 0. The molecule has 5 N–H and O–H groups in total. The van der Waals surface area contributed by atoms with Gasteiger partial charge in [0.2, 0.25) is 0 Å². The molecule has 0 bridgehead atoms. The minimum atomic E-state index is -0.845. The maximum atomic E-state index is 10.3. The van der Waals surface area contributed by atoms with Gasteiger partial charge in [-0.1, -0.05) is 6.07 Å². The second-order valence-electron chi connectivity index (χ2n) is 2.81. The van der Waals surface area contributed by atoms with Gasteiger partial charge in [-0.2, -0.15) is 0 Å². The fourth-order valence-corrected chi connectivity index (χ4v) is 1.14. The molecule has 70 valence electrons. The minimum absolute atomic E-state index is 0.0540. The Balaban J connectivity index is 2.81. The Morgan fingerprint density at radius 1 is 1.31 bits per heavy atom. The lowest BCUT2D eigenvalue weighted by Crippen LogP contribution is -2.03. The fraction of sp³-hybridized carbons (Fsp3) is 0.222. The van der Waals surface area contributed by atoms with Crippen LogP contribution >= 0.6 is 0 Å². The molecule has 0 heterocycles. The van der Waals surface area contributed by atoms with Gasteiger partial charge in [0.15, 0.2) is 0 Å². The number of hydrogen-bond donors (Lipinski definition) is 3. The van der Waals surface area contributed by atoms with Gasteiger partial charge >= 0.3 is 5.97 Å². The number of nitrogen functional groups attached to an aromatic ring is 2. The van der Waals surface area contributed by atoms with Crippen molar-refractivity contribution in [2.24, 2.45) is 0 Å². The third-order valence-corrected chi connectivity index (χ3v) is 1.84. The van der Waals surface area contributed by atoms with Crippen LogP contribution in [0.3, 0.4) is 0 Å². The quantitative estimate of drug-likeness (QED) is 0.602. The molecule has 4 heteroatoms. The molecule has 0 amide bonds. The van der Waals surface area contributed by atoms with Gasteiger partial charge < -0.3 is 16.6 Å². The lowest BCUT2D eigenvalue weighted by Gasteiger charge is -2.06. The summed E-state index contributed by atoms with van der Waals surface area (Å²) < 4.78 is 0. The molecule has 0 radical (unpaired) electrons. The summed E-state index contributed by atoms with van der Waals surface area (Å²) in [6, 6.07) is 5.18. The highest BCUT2D eigenvalue weighted by Gasteiger charge is 2.05. The summed E-state index contributed by atoms with van der Waals surface area (Å²) >= 11 is 0. The van der Waals surface area contributed by atoms with Crippen LogP contribution in [0.4, 0.5) is 11.4 Å². The van der Waals surface area contributed by atoms with Crippen molar-refractivity contribution >= 4 is 17.3 Å². The van der Waals surface area contributed by atoms with E-state index in [4.69, 9.17) is 16.6 Å². The highest BCUT2D eigenvalue weighted by Crippen LogP contribution is 2.20. The highest BCUT2D eigenvalue weighted by molar-refractivity contribution is 5.69. The van der Waals surface area contributed by atoms with E-state index in [9.17, 15) is 4.79 Å². The Kier molecular flexibility index (Phi) is 2.74. The smallest absolute Gasteiger partial charge is 0.303 e. The van der Waals surface area contributed by atoms with E-state index >= 15 is 0 Å². The summed E-state index contributed by atoms with van der Waals surface area (Å²) in [5.41, 5.74) is 13.1. The van der Waals surface area contributed by atoms with E-state index in [1.165, 1.54) is 0 Å².